The number of carbonyl (C=O) groups is 4. The van der Waals surface area contributed by atoms with Gasteiger partial charge in [-0.15, -0.1) is 0 Å². The highest BCUT2D eigenvalue weighted by molar-refractivity contribution is 6.05. The van der Waals surface area contributed by atoms with E-state index in [1.165, 1.54) is 0 Å². The van der Waals surface area contributed by atoms with Crippen LogP contribution in [0.5, 0.6) is 0 Å². The molecule has 0 atom stereocenters. The van der Waals surface area contributed by atoms with Gasteiger partial charge in [-0.3, -0.25) is 19.2 Å². The molecule has 31 heavy (non-hydrogen) atoms. The molecule has 2 aromatic carbocycles. The first-order chi connectivity index (χ1) is 14.5. The quantitative estimate of drug-likeness (QED) is 0.571. The average molecular weight is 424 g/mol. The molecule has 2 amide bonds. The van der Waals surface area contributed by atoms with E-state index in [2.05, 4.69) is 10.6 Å². The molecular formula is C24H28N2O5. The third kappa shape index (κ3) is 6.86. The van der Waals surface area contributed by atoms with E-state index < -0.39 is 36.1 Å². The number of hydrogen-bond donors (Lipinski definition) is 2. The number of rotatable bonds is 10. The van der Waals surface area contributed by atoms with Gasteiger partial charge in [0.05, 0.1) is 11.1 Å². The zero-order chi connectivity index (χ0) is 23.1. The van der Waals surface area contributed by atoms with Crippen LogP contribution in [-0.4, -0.2) is 47.7 Å². The van der Waals surface area contributed by atoms with E-state index in [0.29, 0.717) is 11.1 Å². The fraction of sp³-hybridized carbons (Fsp3) is 0.333. The Morgan fingerprint density at radius 2 is 0.968 bits per heavy atom. The molecule has 2 N–H and O–H groups in total. The summed E-state index contributed by atoms with van der Waals surface area (Å²) in [4.78, 5) is 49.5. The number of carbonyl (C=O) groups excluding carboxylic acids is 4. The Labute approximate surface area is 182 Å². The average Bonchev–Trinajstić information content (AvgIpc) is 2.73. The van der Waals surface area contributed by atoms with E-state index in [1.807, 2.05) is 0 Å². The number of hydrogen-bond acceptors (Lipinski definition) is 5. The largest absolute Gasteiger partial charge is 0.362 e. The number of nitrogens with one attached hydrogen (secondary N) is 2. The summed E-state index contributed by atoms with van der Waals surface area (Å²) in [7, 11) is 0. The van der Waals surface area contributed by atoms with Crippen LogP contribution < -0.4 is 10.6 Å². The topological polar surface area (TPSA) is 102 Å². The molecular weight excluding hydrogens is 396 g/mol. The van der Waals surface area contributed by atoms with E-state index in [4.69, 9.17) is 4.74 Å². The number of Topliss-reactive ketones (excluding diaryl/α,β-unsaturated/α-hetero) is 2. The summed E-state index contributed by atoms with van der Waals surface area (Å²) in [6.45, 7) is 5.61. The van der Waals surface area contributed by atoms with Crippen molar-refractivity contribution in [3.8, 4) is 0 Å². The molecule has 0 aliphatic carbocycles. The minimum Gasteiger partial charge on any atom is -0.362 e. The fourth-order valence-electron chi connectivity index (χ4n) is 3.02. The van der Waals surface area contributed by atoms with Crippen LogP contribution in [0.4, 0.5) is 0 Å². The van der Waals surface area contributed by atoms with Crippen LogP contribution in [0.1, 0.15) is 48.4 Å². The summed E-state index contributed by atoms with van der Waals surface area (Å²) in [5.41, 5.74) is -1.29. The lowest BCUT2D eigenvalue weighted by Gasteiger charge is -2.25. The molecule has 0 aliphatic heterocycles. The molecule has 0 aliphatic rings. The molecule has 0 unspecified atom stereocenters. The van der Waals surface area contributed by atoms with Crippen LogP contribution in [0.15, 0.2) is 60.7 Å². The maximum absolute atomic E-state index is 12.6. The van der Waals surface area contributed by atoms with Crippen molar-refractivity contribution in [3.05, 3.63) is 71.8 Å². The van der Waals surface area contributed by atoms with Gasteiger partial charge in [0, 0.05) is 11.1 Å². The Morgan fingerprint density at radius 3 is 1.29 bits per heavy atom. The molecule has 0 saturated carbocycles. The monoisotopic (exact) mass is 424 g/mol. The molecule has 0 spiro atoms. The van der Waals surface area contributed by atoms with E-state index in [1.54, 1.807) is 88.4 Å². The van der Waals surface area contributed by atoms with E-state index >= 15 is 0 Å². The second-order valence-electron chi connectivity index (χ2n) is 8.23. The Morgan fingerprint density at radius 1 is 0.645 bits per heavy atom. The predicted molar refractivity (Wildman–Crippen MR) is 117 cm³/mol. The smallest absolute Gasteiger partial charge is 0.246 e. The van der Waals surface area contributed by atoms with Crippen LogP contribution >= 0.6 is 0 Å². The molecule has 0 radical (unpaired) electrons. The summed E-state index contributed by atoms with van der Waals surface area (Å²) in [5.74, 6) is -1.52. The molecule has 2 rings (SSSR count). The van der Waals surface area contributed by atoms with Crippen molar-refractivity contribution in [2.45, 2.75) is 38.8 Å². The maximum Gasteiger partial charge on any atom is 0.246 e. The molecule has 7 heteroatoms. The highest BCUT2D eigenvalue weighted by Gasteiger charge is 2.31. The Balaban J connectivity index is 1.81. The molecule has 7 nitrogen and oxygen atoms in total. The third-order valence-corrected chi connectivity index (χ3v) is 4.58. The second kappa shape index (κ2) is 10.1. The first-order valence-corrected chi connectivity index (χ1v) is 9.92. The third-order valence-electron chi connectivity index (χ3n) is 4.58. The number of benzene rings is 2. The van der Waals surface area contributed by atoms with Crippen molar-refractivity contribution in [3.63, 3.8) is 0 Å². The van der Waals surface area contributed by atoms with Crippen molar-refractivity contribution < 1.29 is 23.9 Å². The molecule has 2 aromatic rings. The molecule has 0 bridgehead atoms. The SMILES string of the molecule is CC(C)(NC(=O)COCC(=O)NC(C)(C)C(=O)c1ccccc1)C(=O)c1ccccc1. The van der Waals surface area contributed by atoms with Crippen LogP contribution in [0.3, 0.4) is 0 Å². The van der Waals surface area contributed by atoms with E-state index in [9.17, 15) is 19.2 Å². The summed E-state index contributed by atoms with van der Waals surface area (Å²) < 4.78 is 5.17. The molecule has 0 heterocycles. The minimum atomic E-state index is -1.13. The van der Waals surface area contributed by atoms with Crippen LogP contribution in [0.25, 0.3) is 0 Å². The number of ketones is 2. The van der Waals surface area contributed by atoms with Gasteiger partial charge < -0.3 is 15.4 Å². The Hall–Kier alpha value is -3.32. The summed E-state index contributed by atoms with van der Waals surface area (Å²) in [5, 5.41) is 5.23. The van der Waals surface area contributed by atoms with Gasteiger partial charge in [-0.2, -0.15) is 0 Å². The highest BCUT2D eigenvalue weighted by Crippen LogP contribution is 2.14. The molecule has 164 valence electrons. The summed E-state index contributed by atoms with van der Waals surface area (Å²) in [6, 6.07) is 17.3. The van der Waals surface area contributed by atoms with Crippen LogP contribution in [0.2, 0.25) is 0 Å². The lowest BCUT2D eigenvalue weighted by molar-refractivity contribution is -0.132. The zero-order valence-corrected chi connectivity index (χ0v) is 18.2. The standard InChI is InChI=1S/C24H28N2O5/c1-23(2,21(29)17-11-7-5-8-12-17)25-19(27)15-31-16-20(28)26-24(3,4)22(30)18-13-9-6-10-14-18/h5-14H,15-16H2,1-4H3,(H,25,27)(H,26,28). The minimum absolute atomic E-state index is 0.236. The lowest BCUT2D eigenvalue weighted by atomic mass is 9.93. The first kappa shape index (κ1) is 24.0. The Kier molecular flexibility index (Phi) is 7.83. The first-order valence-electron chi connectivity index (χ1n) is 9.92. The van der Waals surface area contributed by atoms with Crippen LogP contribution in [0, 0.1) is 0 Å². The van der Waals surface area contributed by atoms with Gasteiger partial charge in [-0.25, -0.2) is 0 Å². The van der Waals surface area contributed by atoms with Crippen LogP contribution in [-0.2, 0) is 14.3 Å². The highest BCUT2D eigenvalue weighted by atomic mass is 16.5. The maximum atomic E-state index is 12.6. The normalized spacial score (nSPS) is 11.5. The number of amides is 2. The Bertz CT molecular complexity index is 859. The van der Waals surface area contributed by atoms with E-state index in [-0.39, 0.29) is 11.6 Å². The van der Waals surface area contributed by atoms with Gasteiger partial charge in [-0.1, -0.05) is 60.7 Å². The predicted octanol–water partition coefficient (Wildman–Crippen LogP) is 2.56. The van der Waals surface area contributed by atoms with Gasteiger partial charge in [-0.05, 0) is 27.7 Å². The fourth-order valence-corrected chi connectivity index (χ4v) is 3.02. The molecule has 0 aromatic heterocycles. The van der Waals surface area contributed by atoms with Gasteiger partial charge in [0.2, 0.25) is 11.8 Å². The van der Waals surface area contributed by atoms with Crippen molar-refractivity contribution in [2.75, 3.05) is 13.2 Å². The molecule has 0 fully saturated rings. The van der Waals surface area contributed by atoms with Gasteiger partial charge >= 0.3 is 0 Å². The second-order valence-corrected chi connectivity index (χ2v) is 8.23. The lowest BCUT2D eigenvalue weighted by Crippen LogP contribution is -2.52. The molecule has 0 saturated heterocycles. The summed E-state index contributed by atoms with van der Waals surface area (Å²) >= 11 is 0. The van der Waals surface area contributed by atoms with Crippen molar-refractivity contribution in [1.29, 1.82) is 0 Å². The zero-order valence-electron chi connectivity index (χ0n) is 18.2. The van der Waals surface area contributed by atoms with Crippen molar-refractivity contribution >= 4 is 23.4 Å². The van der Waals surface area contributed by atoms with Gasteiger partial charge in [0.25, 0.3) is 0 Å². The summed E-state index contributed by atoms with van der Waals surface area (Å²) in [6.07, 6.45) is 0. The number of ether oxygens (including phenoxy) is 1. The van der Waals surface area contributed by atoms with Gasteiger partial charge in [0.1, 0.15) is 13.2 Å². The van der Waals surface area contributed by atoms with Crippen molar-refractivity contribution in [2.24, 2.45) is 0 Å². The van der Waals surface area contributed by atoms with E-state index in [0.717, 1.165) is 0 Å². The van der Waals surface area contributed by atoms with Crippen molar-refractivity contribution in [1.82, 2.24) is 10.6 Å². The van der Waals surface area contributed by atoms with Gasteiger partial charge in [0.15, 0.2) is 11.6 Å².